The van der Waals surface area contributed by atoms with Crippen LogP contribution in [0, 0.1) is 0 Å². The van der Waals surface area contributed by atoms with Crippen molar-refractivity contribution in [3.05, 3.63) is 150 Å². The number of furan rings is 1. The van der Waals surface area contributed by atoms with Gasteiger partial charge in [0, 0.05) is 27.3 Å². The lowest BCUT2D eigenvalue weighted by Crippen LogP contribution is -2.30. The van der Waals surface area contributed by atoms with E-state index in [2.05, 4.69) is 148 Å². The zero-order valence-electron chi connectivity index (χ0n) is 25.5. The maximum Gasteiger partial charge on any atom is 0.135 e. The molecule has 0 unspecified atom stereocenters. The van der Waals surface area contributed by atoms with Crippen LogP contribution in [0.25, 0.3) is 44.2 Å². The Balaban J connectivity index is 1.23. The zero-order chi connectivity index (χ0) is 29.8. The van der Waals surface area contributed by atoms with Crippen LogP contribution in [0.3, 0.4) is 0 Å². The number of nitrogens with zero attached hydrogens (tertiary/aromatic N) is 1. The van der Waals surface area contributed by atoms with E-state index in [4.69, 9.17) is 4.42 Å². The lowest BCUT2D eigenvalue weighted by atomic mass is 9.72. The molecule has 7 aromatic rings. The van der Waals surface area contributed by atoms with E-state index >= 15 is 0 Å². The number of para-hydroxylation sites is 2. The lowest BCUT2D eigenvalue weighted by Gasteiger charge is -2.42. The molecule has 0 amide bonds. The fourth-order valence-corrected chi connectivity index (χ4v) is 7.90. The molecule has 44 heavy (non-hydrogen) atoms. The van der Waals surface area contributed by atoms with Crippen molar-refractivity contribution in [1.82, 2.24) is 0 Å². The van der Waals surface area contributed by atoms with Gasteiger partial charge in [0.25, 0.3) is 0 Å². The van der Waals surface area contributed by atoms with Crippen molar-refractivity contribution in [1.29, 1.82) is 0 Å². The molecule has 212 valence electrons. The van der Waals surface area contributed by atoms with Crippen LogP contribution >= 0.6 is 0 Å². The Kier molecular flexibility index (Phi) is 5.05. The summed E-state index contributed by atoms with van der Waals surface area (Å²) >= 11 is 0. The predicted molar refractivity (Wildman–Crippen MR) is 184 cm³/mol. The fraction of sp³-hybridized carbons (Fsp3) is 0.143. The van der Waals surface area contributed by atoms with Gasteiger partial charge in [0.15, 0.2) is 0 Å². The molecule has 0 bridgehead atoms. The average Bonchev–Trinajstić information content (AvgIpc) is 3.53. The van der Waals surface area contributed by atoms with Gasteiger partial charge >= 0.3 is 0 Å². The Bertz CT molecular complexity index is 2300. The first-order valence-electron chi connectivity index (χ1n) is 15.5. The van der Waals surface area contributed by atoms with Gasteiger partial charge in [-0.1, -0.05) is 107 Å². The zero-order valence-corrected chi connectivity index (χ0v) is 25.5. The predicted octanol–water partition coefficient (Wildman–Crippen LogP) is 11.7. The maximum absolute atomic E-state index is 6.13. The van der Waals surface area contributed by atoms with Gasteiger partial charge in [0.2, 0.25) is 0 Å². The molecule has 0 N–H and O–H groups in total. The van der Waals surface area contributed by atoms with E-state index in [0.29, 0.717) is 0 Å². The molecule has 0 radical (unpaired) electrons. The summed E-state index contributed by atoms with van der Waals surface area (Å²) < 4.78 is 6.13. The Morgan fingerprint density at radius 3 is 1.98 bits per heavy atom. The van der Waals surface area contributed by atoms with Crippen LogP contribution in [0.2, 0.25) is 0 Å². The summed E-state index contributed by atoms with van der Waals surface area (Å²) in [6.07, 6.45) is 0. The van der Waals surface area contributed by atoms with Crippen molar-refractivity contribution < 1.29 is 4.42 Å². The Labute approximate surface area is 258 Å². The van der Waals surface area contributed by atoms with Gasteiger partial charge < -0.3 is 9.32 Å². The molecule has 2 heterocycles. The third-order valence-electron chi connectivity index (χ3n) is 10.3. The Hall–Kier alpha value is -5.08. The average molecular weight is 568 g/mol. The highest BCUT2D eigenvalue weighted by molar-refractivity contribution is 6.06. The Morgan fingerprint density at radius 1 is 0.455 bits per heavy atom. The van der Waals surface area contributed by atoms with Crippen LogP contribution in [0.4, 0.5) is 17.1 Å². The normalized spacial score (nSPS) is 15.6. The van der Waals surface area contributed by atoms with Gasteiger partial charge in [-0.05, 0) is 93.0 Å². The van der Waals surface area contributed by atoms with E-state index in [9.17, 15) is 0 Å². The van der Waals surface area contributed by atoms with Gasteiger partial charge in [-0.15, -0.1) is 0 Å². The molecule has 2 heteroatoms. The van der Waals surface area contributed by atoms with E-state index in [1.54, 1.807) is 0 Å². The molecule has 9 rings (SSSR count). The quantitative estimate of drug-likeness (QED) is 0.207. The third-order valence-corrected chi connectivity index (χ3v) is 10.3. The summed E-state index contributed by atoms with van der Waals surface area (Å²) in [5, 5.41) is 2.31. The van der Waals surface area contributed by atoms with E-state index < -0.39 is 0 Å². The summed E-state index contributed by atoms with van der Waals surface area (Å²) in [5.41, 5.74) is 15.9. The lowest BCUT2D eigenvalue weighted by molar-refractivity contribution is 0.631. The SMILES string of the molecule is CC1(C)c2ccccc2-c2ccc(N3c4ccccc4C(C)(C)c4cc(-c5ccc6oc7ccccc7c6c5)ccc43)cc21. The van der Waals surface area contributed by atoms with Crippen LogP contribution in [-0.4, -0.2) is 0 Å². The molecule has 0 atom stereocenters. The van der Waals surface area contributed by atoms with Crippen LogP contribution in [0.5, 0.6) is 0 Å². The molecule has 1 aromatic heterocycles. The Morgan fingerprint density at radius 2 is 1.09 bits per heavy atom. The van der Waals surface area contributed by atoms with Gasteiger partial charge in [-0.2, -0.15) is 0 Å². The topological polar surface area (TPSA) is 16.4 Å². The molecular weight excluding hydrogens is 534 g/mol. The smallest absolute Gasteiger partial charge is 0.135 e. The van der Waals surface area contributed by atoms with Crippen molar-refractivity contribution in [2.24, 2.45) is 0 Å². The van der Waals surface area contributed by atoms with Crippen molar-refractivity contribution in [2.75, 3.05) is 4.90 Å². The van der Waals surface area contributed by atoms with E-state index in [1.165, 1.54) is 61.6 Å². The first-order chi connectivity index (χ1) is 21.3. The molecule has 0 spiro atoms. The van der Waals surface area contributed by atoms with Crippen molar-refractivity contribution in [3.63, 3.8) is 0 Å². The standard InChI is InChI=1S/C42H33NO/c1-41(2)33-13-7-5-11-29(33)30-20-19-28(25-35(30)41)43-37-15-9-8-14-34(37)42(3,4)36-24-27(17-21-38(36)43)26-18-22-40-32(23-26)31-12-6-10-16-39(31)44-40/h5-25H,1-4H3. The number of rotatable bonds is 2. The van der Waals surface area contributed by atoms with Crippen LogP contribution in [0.15, 0.2) is 132 Å². The molecule has 1 aliphatic carbocycles. The maximum atomic E-state index is 6.13. The first kappa shape index (κ1) is 25.4. The largest absolute Gasteiger partial charge is 0.456 e. The summed E-state index contributed by atoms with van der Waals surface area (Å²) in [7, 11) is 0. The molecule has 0 fully saturated rings. The van der Waals surface area contributed by atoms with Gasteiger partial charge in [0.1, 0.15) is 11.2 Å². The van der Waals surface area contributed by atoms with E-state index in [1.807, 2.05) is 12.1 Å². The molecule has 2 nitrogen and oxygen atoms in total. The molecule has 0 saturated heterocycles. The summed E-state index contributed by atoms with van der Waals surface area (Å²) in [5.74, 6) is 0. The second-order valence-electron chi connectivity index (χ2n) is 13.4. The second-order valence-corrected chi connectivity index (χ2v) is 13.4. The summed E-state index contributed by atoms with van der Waals surface area (Å²) in [6, 6.07) is 46.8. The number of fused-ring (bicyclic) bond motifs is 8. The number of hydrogen-bond acceptors (Lipinski definition) is 2. The van der Waals surface area contributed by atoms with E-state index in [0.717, 1.165) is 21.9 Å². The molecule has 1 aliphatic heterocycles. The minimum absolute atomic E-state index is 0.0564. The highest BCUT2D eigenvalue weighted by Crippen LogP contribution is 2.55. The number of benzene rings is 6. The van der Waals surface area contributed by atoms with Crippen LogP contribution < -0.4 is 4.90 Å². The molecular formula is C42H33NO. The van der Waals surface area contributed by atoms with Crippen molar-refractivity contribution in [3.8, 4) is 22.3 Å². The van der Waals surface area contributed by atoms with Gasteiger partial charge in [-0.25, -0.2) is 0 Å². The van der Waals surface area contributed by atoms with Gasteiger partial charge in [-0.3, -0.25) is 0 Å². The minimum Gasteiger partial charge on any atom is -0.456 e. The van der Waals surface area contributed by atoms with Crippen LogP contribution in [-0.2, 0) is 10.8 Å². The summed E-state index contributed by atoms with van der Waals surface area (Å²) in [6.45, 7) is 9.44. The molecule has 6 aromatic carbocycles. The fourth-order valence-electron chi connectivity index (χ4n) is 7.90. The van der Waals surface area contributed by atoms with Crippen LogP contribution in [0.1, 0.15) is 49.9 Å². The summed E-state index contributed by atoms with van der Waals surface area (Å²) in [4.78, 5) is 2.48. The van der Waals surface area contributed by atoms with Crippen molar-refractivity contribution >= 4 is 39.0 Å². The monoisotopic (exact) mass is 567 g/mol. The highest BCUT2D eigenvalue weighted by atomic mass is 16.3. The van der Waals surface area contributed by atoms with Crippen molar-refractivity contribution in [2.45, 2.75) is 38.5 Å². The van der Waals surface area contributed by atoms with Gasteiger partial charge in [0.05, 0.1) is 11.4 Å². The third kappa shape index (κ3) is 3.37. The highest BCUT2D eigenvalue weighted by Gasteiger charge is 2.39. The minimum atomic E-state index is -0.170. The van der Waals surface area contributed by atoms with E-state index in [-0.39, 0.29) is 10.8 Å². The number of hydrogen-bond donors (Lipinski definition) is 0. The first-order valence-corrected chi connectivity index (χ1v) is 15.5. The number of anilines is 3. The molecule has 0 saturated carbocycles. The second kappa shape index (κ2) is 8.74. The molecule has 2 aliphatic rings.